The monoisotopic (exact) mass is 416 g/mol. The molecule has 1 fully saturated rings. The zero-order chi connectivity index (χ0) is 21.4. The Balaban J connectivity index is 1.52. The molecule has 0 saturated heterocycles. The van der Waals surface area contributed by atoms with Crippen molar-refractivity contribution in [2.24, 2.45) is 11.8 Å². The van der Waals surface area contributed by atoms with E-state index in [-0.39, 0.29) is 18.0 Å². The molecule has 5 nitrogen and oxygen atoms in total. The molecule has 2 aromatic heterocycles. The fourth-order valence-electron chi connectivity index (χ4n) is 4.87. The van der Waals surface area contributed by atoms with Gasteiger partial charge in [0.25, 0.3) is 0 Å². The topological polar surface area (TPSA) is 59.0 Å². The molecule has 1 aromatic carbocycles. The summed E-state index contributed by atoms with van der Waals surface area (Å²) in [6.45, 7) is 6.13. The van der Waals surface area contributed by atoms with Crippen LogP contribution in [0.1, 0.15) is 55.8 Å². The molecule has 0 spiro atoms. The van der Waals surface area contributed by atoms with Crippen LogP contribution in [-0.2, 0) is 17.8 Å². The first-order chi connectivity index (χ1) is 15.1. The van der Waals surface area contributed by atoms with E-state index in [9.17, 15) is 4.79 Å². The maximum absolute atomic E-state index is 13.1. The minimum absolute atomic E-state index is 0.142. The van der Waals surface area contributed by atoms with Crippen LogP contribution in [0.25, 0.3) is 10.9 Å². The summed E-state index contributed by atoms with van der Waals surface area (Å²) in [4.78, 5) is 17.2. The summed E-state index contributed by atoms with van der Waals surface area (Å²) < 4.78 is 2.33. The molecule has 5 heteroatoms. The van der Waals surface area contributed by atoms with Gasteiger partial charge in [-0.05, 0) is 72.4 Å². The molecule has 3 aromatic rings. The SMILES string of the molecule is CC(C)C[C@@H]1N[C@H](C(=O)NCC2CC2)Cc2cn(Cc3ccncc3)c3cccc1c23. The number of amides is 1. The zero-order valence-corrected chi connectivity index (χ0v) is 18.5. The predicted molar refractivity (Wildman–Crippen MR) is 124 cm³/mol. The number of pyridine rings is 1. The van der Waals surface area contributed by atoms with Crippen LogP contribution in [0, 0.1) is 11.8 Å². The molecule has 31 heavy (non-hydrogen) atoms. The van der Waals surface area contributed by atoms with E-state index >= 15 is 0 Å². The largest absolute Gasteiger partial charge is 0.354 e. The molecule has 5 rings (SSSR count). The second-order valence-corrected chi connectivity index (χ2v) is 9.67. The third-order valence-electron chi connectivity index (χ3n) is 6.61. The van der Waals surface area contributed by atoms with Gasteiger partial charge in [0.15, 0.2) is 0 Å². The van der Waals surface area contributed by atoms with Crippen molar-refractivity contribution in [2.75, 3.05) is 6.54 Å². The highest BCUT2D eigenvalue weighted by atomic mass is 16.2. The number of nitrogens with zero attached hydrogens (tertiary/aromatic N) is 2. The van der Waals surface area contributed by atoms with Crippen LogP contribution < -0.4 is 10.6 Å². The molecule has 2 atom stereocenters. The highest BCUT2D eigenvalue weighted by Gasteiger charge is 2.31. The number of hydrogen-bond donors (Lipinski definition) is 2. The minimum atomic E-state index is -0.199. The number of carbonyl (C=O) groups excluding carboxylic acids is 1. The Bertz CT molecular complexity index is 1070. The lowest BCUT2D eigenvalue weighted by molar-refractivity contribution is -0.123. The van der Waals surface area contributed by atoms with Crippen molar-refractivity contribution in [2.45, 2.75) is 58.2 Å². The van der Waals surface area contributed by atoms with Gasteiger partial charge in [-0.25, -0.2) is 0 Å². The van der Waals surface area contributed by atoms with E-state index in [1.54, 1.807) is 0 Å². The quantitative estimate of drug-likeness (QED) is 0.607. The first-order valence-corrected chi connectivity index (χ1v) is 11.6. The number of benzene rings is 1. The lowest BCUT2D eigenvalue weighted by atomic mass is 9.94. The predicted octanol–water partition coefficient (Wildman–Crippen LogP) is 4.21. The van der Waals surface area contributed by atoms with E-state index in [1.807, 2.05) is 12.4 Å². The molecule has 0 radical (unpaired) electrons. The van der Waals surface area contributed by atoms with E-state index in [0.717, 1.165) is 25.9 Å². The average molecular weight is 417 g/mol. The number of hydrogen-bond acceptors (Lipinski definition) is 3. The van der Waals surface area contributed by atoms with Gasteiger partial charge < -0.3 is 9.88 Å². The maximum atomic E-state index is 13.1. The third-order valence-corrected chi connectivity index (χ3v) is 6.61. The van der Waals surface area contributed by atoms with Gasteiger partial charge >= 0.3 is 0 Å². The lowest BCUT2D eigenvalue weighted by Gasteiger charge is -2.25. The van der Waals surface area contributed by atoms with Gasteiger partial charge in [0.1, 0.15) is 0 Å². The number of nitrogens with one attached hydrogen (secondary N) is 2. The molecular weight excluding hydrogens is 384 g/mol. The van der Waals surface area contributed by atoms with Gasteiger partial charge in [-0.15, -0.1) is 0 Å². The second-order valence-electron chi connectivity index (χ2n) is 9.67. The van der Waals surface area contributed by atoms with Gasteiger partial charge in [-0.3, -0.25) is 15.1 Å². The maximum Gasteiger partial charge on any atom is 0.237 e. The lowest BCUT2D eigenvalue weighted by Crippen LogP contribution is -2.46. The molecule has 3 heterocycles. The summed E-state index contributed by atoms with van der Waals surface area (Å²) in [5, 5.41) is 8.26. The Morgan fingerprint density at radius 2 is 2.03 bits per heavy atom. The van der Waals surface area contributed by atoms with Gasteiger partial charge in [-0.2, -0.15) is 0 Å². The number of carbonyl (C=O) groups is 1. The third kappa shape index (κ3) is 4.38. The molecule has 1 saturated carbocycles. The van der Waals surface area contributed by atoms with Gasteiger partial charge in [0.2, 0.25) is 5.91 Å². The normalized spacial score (nSPS) is 20.7. The minimum Gasteiger partial charge on any atom is -0.354 e. The smallest absolute Gasteiger partial charge is 0.237 e. The van der Waals surface area contributed by atoms with Crippen LogP contribution in [0.5, 0.6) is 0 Å². The number of rotatable bonds is 7. The van der Waals surface area contributed by atoms with Crippen molar-refractivity contribution < 1.29 is 4.79 Å². The van der Waals surface area contributed by atoms with Crippen LogP contribution in [0.4, 0.5) is 0 Å². The van der Waals surface area contributed by atoms with Crippen molar-refractivity contribution in [1.82, 2.24) is 20.2 Å². The van der Waals surface area contributed by atoms with E-state index in [4.69, 9.17) is 0 Å². The molecule has 1 amide bonds. The fraction of sp³-hybridized carbons (Fsp3) is 0.462. The summed E-state index contributed by atoms with van der Waals surface area (Å²) in [6, 6.07) is 10.7. The summed E-state index contributed by atoms with van der Waals surface area (Å²) >= 11 is 0. The Morgan fingerprint density at radius 3 is 2.77 bits per heavy atom. The first-order valence-electron chi connectivity index (χ1n) is 11.6. The molecule has 2 N–H and O–H groups in total. The second kappa shape index (κ2) is 8.46. The molecule has 0 bridgehead atoms. The van der Waals surface area contributed by atoms with Crippen LogP contribution in [-0.4, -0.2) is 28.0 Å². The molecular formula is C26H32N4O. The van der Waals surface area contributed by atoms with E-state index in [0.29, 0.717) is 11.8 Å². The Kier molecular flexibility index (Phi) is 5.53. The highest BCUT2D eigenvalue weighted by molar-refractivity contribution is 5.90. The molecule has 1 aliphatic carbocycles. The van der Waals surface area contributed by atoms with Crippen molar-refractivity contribution in [3.63, 3.8) is 0 Å². The summed E-state index contributed by atoms with van der Waals surface area (Å²) in [5.74, 6) is 1.37. The van der Waals surface area contributed by atoms with Gasteiger partial charge in [0, 0.05) is 48.6 Å². The Hall–Kier alpha value is -2.66. The summed E-state index contributed by atoms with van der Waals surface area (Å²) in [7, 11) is 0. The van der Waals surface area contributed by atoms with Crippen LogP contribution in [0.3, 0.4) is 0 Å². The molecule has 0 unspecified atom stereocenters. The highest BCUT2D eigenvalue weighted by Crippen LogP contribution is 2.36. The number of aromatic nitrogens is 2. The molecule has 162 valence electrons. The molecule has 2 aliphatic rings. The van der Waals surface area contributed by atoms with Crippen LogP contribution >= 0.6 is 0 Å². The summed E-state index contributed by atoms with van der Waals surface area (Å²) in [5.41, 5.74) is 5.08. The van der Waals surface area contributed by atoms with E-state index in [1.165, 1.54) is 40.4 Å². The van der Waals surface area contributed by atoms with E-state index in [2.05, 4.69) is 70.6 Å². The zero-order valence-electron chi connectivity index (χ0n) is 18.5. The van der Waals surface area contributed by atoms with Gasteiger partial charge in [0.05, 0.1) is 6.04 Å². The average Bonchev–Trinajstić information content (AvgIpc) is 3.55. The standard InChI is InChI=1S/C26H32N4O/c1-17(2)12-22-21-4-3-5-24-25(21)20(16-30(24)15-19-8-10-27-11-9-19)13-23(29-22)26(31)28-14-18-6-7-18/h3-5,8-11,16-18,22-23,29H,6-7,12-15H2,1-2H3,(H,28,31)/t22-,23-/m0/s1. The Labute approximate surface area is 184 Å². The van der Waals surface area contributed by atoms with Crippen LogP contribution in [0.15, 0.2) is 48.9 Å². The van der Waals surface area contributed by atoms with E-state index < -0.39 is 0 Å². The van der Waals surface area contributed by atoms with Crippen molar-refractivity contribution in [3.05, 3.63) is 65.6 Å². The first kappa shape index (κ1) is 20.3. The van der Waals surface area contributed by atoms with Crippen LogP contribution in [0.2, 0.25) is 0 Å². The van der Waals surface area contributed by atoms with Gasteiger partial charge in [-0.1, -0.05) is 26.0 Å². The Morgan fingerprint density at radius 1 is 1.23 bits per heavy atom. The van der Waals surface area contributed by atoms with Crippen molar-refractivity contribution in [1.29, 1.82) is 0 Å². The molecule has 1 aliphatic heterocycles. The summed E-state index contributed by atoms with van der Waals surface area (Å²) in [6.07, 6.45) is 10.2. The fourth-order valence-corrected chi connectivity index (χ4v) is 4.87. The van der Waals surface area contributed by atoms with Crippen molar-refractivity contribution >= 4 is 16.8 Å². The van der Waals surface area contributed by atoms with Crippen molar-refractivity contribution in [3.8, 4) is 0 Å².